The summed E-state index contributed by atoms with van der Waals surface area (Å²) >= 11 is 0. The fraction of sp³-hybridized carbons (Fsp3) is 0. The van der Waals surface area contributed by atoms with E-state index in [1.54, 1.807) is 0 Å². The van der Waals surface area contributed by atoms with E-state index < -0.39 is 47.3 Å². The van der Waals surface area contributed by atoms with Crippen LogP contribution in [0.5, 0.6) is 17.2 Å². The Labute approximate surface area is 163 Å². The van der Waals surface area contributed by atoms with Crippen molar-refractivity contribution in [3.05, 3.63) is 42.5 Å². The highest BCUT2D eigenvalue weighted by molar-refractivity contribution is 7.86. The minimum atomic E-state index is -4.76. The second-order valence-corrected chi connectivity index (χ2v) is 8.62. The molecule has 29 heavy (non-hydrogen) atoms. The normalized spacial score (nSPS) is 12.6. The van der Waals surface area contributed by atoms with Crippen LogP contribution in [0, 0.1) is 0 Å². The number of phenolic OH excluding ortho intramolecular Hbond substituents is 3. The first-order valence-electron chi connectivity index (χ1n) is 7.56. The fourth-order valence-electron chi connectivity index (χ4n) is 2.50. The highest BCUT2D eigenvalue weighted by atomic mass is 32.2. The van der Waals surface area contributed by atoms with Crippen molar-refractivity contribution in [3.8, 4) is 17.2 Å². The van der Waals surface area contributed by atoms with E-state index in [1.807, 2.05) is 0 Å². The summed E-state index contributed by atoms with van der Waals surface area (Å²) in [6, 6.07) is 7.12. The van der Waals surface area contributed by atoms with Crippen LogP contribution in [0.15, 0.2) is 62.5 Å². The van der Waals surface area contributed by atoms with Crippen molar-refractivity contribution in [3.63, 3.8) is 0 Å². The molecule has 3 aromatic carbocycles. The molecule has 13 heteroatoms. The third-order valence-electron chi connectivity index (χ3n) is 3.81. The van der Waals surface area contributed by atoms with Gasteiger partial charge in [-0.05, 0) is 35.7 Å². The lowest BCUT2D eigenvalue weighted by Gasteiger charge is -2.09. The molecule has 3 rings (SSSR count). The van der Waals surface area contributed by atoms with Crippen molar-refractivity contribution in [2.24, 2.45) is 10.2 Å². The number of para-hydroxylation sites is 1. The number of rotatable bonds is 4. The van der Waals surface area contributed by atoms with E-state index >= 15 is 0 Å². The zero-order valence-electron chi connectivity index (χ0n) is 14.1. The molecular weight excluding hydrogens is 428 g/mol. The van der Waals surface area contributed by atoms with E-state index in [4.69, 9.17) is 0 Å². The molecule has 0 radical (unpaired) electrons. The Bertz CT molecular complexity index is 1380. The predicted octanol–water partition coefficient (Wildman–Crippen LogP) is 2.87. The lowest BCUT2D eigenvalue weighted by Crippen LogP contribution is -2.00. The molecule has 0 amide bonds. The van der Waals surface area contributed by atoms with Crippen LogP contribution in [0.25, 0.3) is 10.8 Å². The van der Waals surface area contributed by atoms with Crippen LogP contribution in [-0.4, -0.2) is 41.3 Å². The maximum atomic E-state index is 11.5. The minimum absolute atomic E-state index is 0.145. The Morgan fingerprint density at radius 1 is 0.690 bits per heavy atom. The summed E-state index contributed by atoms with van der Waals surface area (Å²) in [5.41, 5.74) is -0.498. The topological polar surface area (TPSA) is 194 Å². The molecule has 0 saturated carbocycles. The highest BCUT2D eigenvalue weighted by Gasteiger charge is 2.20. The van der Waals surface area contributed by atoms with Crippen LogP contribution in [0.3, 0.4) is 0 Å². The van der Waals surface area contributed by atoms with Crippen LogP contribution < -0.4 is 0 Å². The number of nitrogens with zero attached hydrogens (tertiary/aromatic N) is 2. The van der Waals surface area contributed by atoms with Crippen LogP contribution in [0.1, 0.15) is 0 Å². The quantitative estimate of drug-likeness (QED) is 0.230. The van der Waals surface area contributed by atoms with Gasteiger partial charge in [0, 0.05) is 6.07 Å². The van der Waals surface area contributed by atoms with Gasteiger partial charge < -0.3 is 15.3 Å². The Morgan fingerprint density at radius 2 is 1.24 bits per heavy atom. The van der Waals surface area contributed by atoms with Gasteiger partial charge >= 0.3 is 0 Å². The number of hydrogen-bond acceptors (Lipinski definition) is 9. The smallest absolute Gasteiger partial charge is 0.294 e. The van der Waals surface area contributed by atoms with Crippen molar-refractivity contribution < 1.29 is 41.3 Å². The number of azo groups is 1. The summed E-state index contributed by atoms with van der Waals surface area (Å²) in [6.07, 6.45) is 0. The van der Waals surface area contributed by atoms with Gasteiger partial charge in [0.15, 0.2) is 11.5 Å². The van der Waals surface area contributed by atoms with E-state index in [2.05, 4.69) is 10.2 Å². The summed E-state index contributed by atoms with van der Waals surface area (Å²) in [7, 11) is -9.49. The monoisotopic (exact) mass is 440 g/mol. The molecule has 0 fully saturated rings. The van der Waals surface area contributed by atoms with Crippen molar-refractivity contribution in [1.82, 2.24) is 0 Å². The number of benzene rings is 3. The molecule has 0 aliphatic carbocycles. The third-order valence-corrected chi connectivity index (χ3v) is 5.47. The molecule has 0 bridgehead atoms. The van der Waals surface area contributed by atoms with E-state index in [0.29, 0.717) is 0 Å². The van der Waals surface area contributed by atoms with Crippen LogP contribution in [0.4, 0.5) is 11.4 Å². The van der Waals surface area contributed by atoms with Crippen LogP contribution in [-0.2, 0) is 20.2 Å². The van der Waals surface area contributed by atoms with Crippen molar-refractivity contribution in [2.75, 3.05) is 0 Å². The molecule has 0 aliphatic rings. The summed E-state index contributed by atoms with van der Waals surface area (Å²) < 4.78 is 64.3. The summed E-state index contributed by atoms with van der Waals surface area (Å²) in [5.74, 6) is -1.77. The van der Waals surface area contributed by atoms with E-state index in [-0.39, 0.29) is 22.1 Å². The molecule has 0 heterocycles. The Hall–Kier alpha value is -3.26. The Morgan fingerprint density at radius 3 is 1.83 bits per heavy atom. The molecule has 0 unspecified atom stereocenters. The summed E-state index contributed by atoms with van der Waals surface area (Å²) in [6.45, 7) is 0. The van der Waals surface area contributed by atoms with Gasteiger partial charge in [0.2, 0.25) is 0 Å². The summed E-state index contributed by atoms with van der Waals surface area (Å²) in [5, 5.41) is 36.5. The first-order valence-corrected chi connectivity index (χ1v) is 10.4. The van der Waals surface area contributed by atoms with Crippen molar-refractivity contribution >= 4 is 42.4 Å². The maximum absolute atomic E-state index is 11.5. The second kappa shape index (κ2) is 6.97. The number of hydrogen-bond donors (Lipinski definition) is 5. The predicted molar refractivity (Wildman–Crippen MR) is 99.2 cm³/mol. The van der Waals surface area contributed by atoms with Crippen molar-refractivity contribution in [2.45, 2.75) is 9.79 Å². The highest BCUT2D eigenvalue weighted by Crippen LogP contribution is 2.40. The Balaban J connectivity index is 2.32. The molecule has 3 aromatic rings. The zero-order valence-corrected chi connectivity index (χ0v) is 15.8. The van der Waals surface area contributed by atoms with Crippen LogP contribution >= 0.6 is 0 Å². The summed E-state index contributed by atoms with van der Waals surface area (Å²) in [4.78, 5) is -1.41. The molecule has 0 saturated heterocycles. The number of phenols is 3. The van der Waals surface area contributed by atoms with Gasteiger partial charge in [-0.3, -0.25) is 9.11 Å². The largest absolute Gasteiger partial charge is 0.507 e. The minimum Gasteiger partial charge on any atom is -0.507 e. The standard InChI is InChI=1S/C16H12N2O9S2/c19-13-3-1-2-11(16(13)21)17-18-12-6-9(28(22,23)24)4-8-5-10(29(25,26)27)7-14(20)15(8)12/h1-7,19-21H,(H,22,23,24)(H,25,26,27). The van der Waals surface area contributed by atoms with Gasteiger partial charge in [0.05, 0.1) is 20.9 Å². The lowest BCUT2D eigenvalue weighted by atomic mass is 10.1. The van der Waals surface area contributed by atoms with Gasteiger partial charge in [-0.1, -0.05) is 6.07 Å². The third kappa shape index (κ3) is 4.12. The Kier molecular flexibility index (Phi) is 4.92. The average molecular weight is 440 g/mol. The molecule has 11 nitrogen and oxygen atoms in total. The second-order valence-electron chi connectivity index (χ2n) is 5.78. The average Bonchev–Trinajstić information content (AvgIpc) is 2.60. The van der Waals surface area contributed by atoms with Gasteiger partial charge in [-0.15, -0.1) is 10.2 Å². The fourth-order valence-corrected chi connectivity index (χ4v) is 3.57. The zero-order chi connectivity index (χ0) is 21.6. The van der Waals surface area contributed by atoms with Crippen LogP contribution in [0.2, 0.25) is 0 Å². The number of fused-ring (bicyclic) bond motifs is 1. The number of aromatic hydroxyl groups is 3. The molecule has 0 aromatic heterocycles. The van der Waals surface area contributed by atoms with E-state index in [1.165, 1.54) is 18.2 Å². The van der Waals surface area contributed by atoms with Gasteiger partial charge in [0.25, 0.3) is 20.2 Å². The van der Waals surface area contributed by atoms with Crippen molar-refractivity contribution in [1.29, 1.82) is 0 Å². The maximum Gasteiger partial charge on any atom is 0.294 e. The molecule has 5 N–H and O–H groups in total. The first-order chi connectivity index (χ1) is 13.4. The molecule has 0 aliphatic heterocycles. The SMILES string of the molecule is O=S(=O)(O)c1cc(O)c2c(N=Nc3cccc(O)c3O)cc(S(=O)(=O)O)cc2c1. The molecule has 0 spiro atoms. The lowest BCUT2D eigenvalue weighted by molar-refractivity contribution is 0.404. The molecular formula is C16H12N2O9S2. The van der Waals surface area contributed by atoms with Gasteiger partial charge in [-0.25, -0.2) is 0 Å². The van der Waals surface area contributed by atoms with Gasteiger partial charge in [0.1, 0.15) is 11.4 Å². The van der Waals surface area contributed by atoms with E-state index in [0.717, 1.165) is 24.3 Å². The van der Waals surface area contributed by atoms with Gasteiger partial charge in [-0.2, -0.15) is 16.8 Å². The van der Waals surface area contributed by atoms with E-state index in [9.17, 15) is 41.3 Å². The molecule has 152 valence electrons. The first kappa shape index (κ1) is 20.5. The molecule has 0 atom stereocenters.